The van der Waals surface area contributed by atoms with E-state index in [9.17, 15) is 4.79 Å². The van der Waals surface area contributed by atoms with Crippen molar-refractivity contribution in [3.05, 3.63) is 33.8 Å². The lowest BCUT2D eigenvalue weighted by atomic mass is 9.98. The normalized spacial score (nSPS) is 23.8. The van der Waals surface area contributed by atoms with E-state index >= 15 is 0 Å². The van der Waals surface area contributed by atoms with Gasteiger partial charge in [0.15, 0.2) is 0 Å². The molecule has 0 spiro atoms. The van der Waals surface area contributed by atoms with E-state index in [0.717, 1.165) is 49.6 Å². The summed E-state index contributed by atoms with van der Waals surface area (Å²) < 4.78 is 0. The molecule has 2 aliphatic rings. The van der Waals surface area contributed by atoms with E-state index < -0.39 is 5.54 Å². The number of aliphatic imine (C=N–C) groups is 1. The Labute approximate surface area is 176 Å². The summed E-state index contributed by atoms with van der Waals surface area (Å²) >= 11 is 13.8. The maximum atomic E-state index is 13.2. The van der Waals surface area contributed by atoms with Crippen molar-refractivity contribution in [1.82, 2.24) is 9.80 Å². The van der Waals surface area contributed by atoms with E-state index in [1.807, 2.05) is 24.0 Å². The molecule has 1 amide bonds. The number of carbonyl (C=O) groups excluding carboxylic acids is 1. The highest BCUT2D eigenvalue weighted by atomic mass is 35.5. The molecular weight excluding hydrogens is 401 g/mol. The van der Waals surface area contributed by atoms with Gasteiger partial charge in [-0.3, -0.25) is 9.79 Å². The molecule has 0 bridgehead atoms. The molecule has 1 aromatic rings. The number of carbonyl (C=O) groups is 1. The van der Waals surface area contributed by atoms with Crippen molar-refractivity contribution in [3.8, 4) is 0 Å². The maximum Gasteiger partial charge on any atom is 0.251 e. The van der Waals surface area contributed by atoms with Crippen molar-refractivity contribution in [3.63, 3.8) is 0 Å². The molecule has 0 N–H and O–H groups in total. The SMILES string of the molecule is CCN(CC)C1CCN(C(=O)C2(C)CSC(c3cc(Cl)cc(Cl)c3)=N2)CC1. The van der Waals surface area contributed by atoms with Crippen molar-refractivity contribution in [2.45, 2.75) is 45.2 Å². The van der Waals surface area contributed by atoms with E-state index in [1.54, 1.807) is 17.8 Å². The molecule has 0 aromatic heterocycles. The van der Waals surface area contributed by atoms with Crippen molar-refractivity contribution in [1.29, 1.82) is 0 Å². The Morgan fingerprint density at radius 3 is 2.37 bits per heavy atom. The fourth-order valence-corrected chi connectivity index (χ4v) is 5.63. The molecule has 3 rings (SSSR count). The molecule has 4 nitrogen and oxygen atoms in total. The highest BCUT2D eigenvalue weighted by Crippen LogP contribution is 2.34. The highest BCUT2D eigenvalue weighted by Gasteiger charge is 2.42. The zero-order valence-electron chi connectivity index (χ0n) is 16.2. The van der Waals surface area contributed by atoms with Crippen LogP contribution in [0.2, 0.25) is 10.0 Å². The summed E-state index contributed by atoms with van der Waals surface area (Å²) in [5.74, 6) is 0.789. The zero-order chi connectivity index (χ0) is 19.6. The van der Waals surface area contributed by atoms with Crippen molar-refractivity contribution in [2.24, 2.45) is 4.99 Å². The first-order chi connectivity index (χ1) is 12.9. The fourth-order valence-electron chi connectivity index (χ4n) is 3.95. The molecule has 2 aliphatic heterocycles. The summed E-state index contributed by atoms with van der Waals surface area (Å²) in [6.45, 7) is 10.1. The number of amides is 1. The molecule has 1 unspecified atom stereocenters. The molecule has 2 heterocycles. The van der Waals surface area contributed by atoms with E-state index in [1.165, 1.54) is 0 Å². The highest BCUT2D eigenvalue weighted by molar-refractivity contribution is 8.14. The molecule has 148 valence electrons. The van der Waals surface area contributed by atoms with Crippen LogP contribution >= 0.6 is 35.0 Å². The predicted octanol–water partition coefficient (Wildman–Crippen LogP) is 4.58. The van der Waals surface area contributed by atoms with Gasteiger partial charge in [-0.1, -0.05) is 37.0 Å². The molecule has 1 fully saturated rings. The summed E-state index contributed by atoms with van der Waals surface area (Å²) in [5.41, 5.74) is 0.172. The molecule has 0 radical (unpaired) electrons. The van der Waals surface area contributed by atoms with E-state index in [0.29, 0.717) is 21.8 Å². The number of halogens is 2. The fraction of sp³-hybridized carbons (Fsp3) is 0.600. The number of nitrogens with zero attached hydrogens (tertiary/aromatic N) is 3. The summed E-state index contributed by atoms with van der Waals surface area (Å²) in [5, 5.41) is 2.01. The van der Waals surface area contributed by atoms with Gasteiger partial charge in [0.1, 0.15) is 5.54 Å². The molecule has 1 saturated heterocycles. The van der Waals surface area contributed by atoms with Crippen LogP contribution in [0.5, 0.6) is 0 Å². The Bertz CT molecular complexity index is 710. The van der Waals surface area contributed by atoms with Gasteiger partial charge in [-0.15, -0.1) is 11.8 Å². The first-order valence-electron chi connectivity index (χ1n) is 9.59. The Balaban J connectivity index is 1.69. The minimum atomic E-state index is -0.711. The number of benzene rings is 1. The molecular formula is C20H27Cl2N3OS. The van der Waals surface area contributed by atoms with Crippen molar-refractivity contribution in [2.75, 3.05) is 31.9 Å². The average molecular weight is 428 g/mol. The maximum absolute atomic E-state index is 13.2. The summed E-state index contributed by atoms with van der Waals surface area (Å²) in [6.07, 6.45) is 2.08. The monoisotopic (exact) mass is 427 g/mol. The van der Waals surface area contributed by atoms with Gasteiger partial charge < -0.3 is 9.80 Å². The van der Waals surface area contributed by atoms with Crippen LogP contribution in [0.3, 0.4) is 0 Å². The largest absolute Gasteiger partial charge is 0.340 e. The van der Waals surface area contributed by atoms with Gasteiger partial charge in [-0.2, -0.15) is 0 Å². The summed E-state index contributed by atoms with van der Waals surface area (Å²) in [7, 11) is 0. The minimum absolute atomic E-state index is 0.135. The third-order valence-electron chi connectivity index (χ3n) is 5.49. The standard InChI is InChI=1S/C20H27Cl2N3OS/c1-4-24(5-2)17-6-8-25(9-7-17)19(26)20(3)13-27-18(23-20)14-10-15(21)12-16(22)11-14/h10-12,17H,4-9,13H2,1-3H3. The van der Waals surface area contributed by atoms with Crippen LogP contribution in [0.4, 0.5) is 0 Å². The van der Waals surface area contributed by atoms with Gasteiger partial charge in [0.05, 0.1) is 5.04 Å². The Kier molecular flexibility index (Phi) is 6.78. The molecule has 1 atom stereocenters. The lowest BCUT2D eigenvalue weighted by Gasteiger charge is -2.39. The van der Waals surface area contributed by atoms with Crippen LogP contribution in [-0.4, -0.2) is 64.3 Å². The van der Waals surface area contributed by atoms with Crippen LogP contribution in [0.25, 0.3) is 0 Å². The topological polar surface area (TPSA) is 35.9 Å². The molecule has 1 aromatic carbocycles. The lowest BCUT2D eigenvalue weighted by Crippen LogP contribution is -2.52. The van der Waals surface area contributed by atoms with E-state index in [-0.39, 0.29) is 5.91 Å². The number of piperidine rings is 1. The lowest BCUT2D eigenvalue weighted by molar-refractivity contribution is -0.137. The van der Waals surface area contributed by atoms with Crippen LogP contribution in [0.15, 0.2) is 23.2 Å². The average Bonchev–Trinajstić information content (AvgIpc) is 3.05. The first kappa shape index (κ1) is 21.0. The molecule has 0 aliphatic carbocycles. The quantitative estimate of drug-likeness (QED) is 0.689. The number of likely N-dealkylation sites (tertiary alicyclic amines) is 1. The number of rotatable bonds is 5. The predicted molar refractivity (Wildman–Crippen MR) is 116 cm³/mol. The third kappa shape index (κ3) is 4.64. The number of thioether (sulfide) groups is 1. The number of hydrogen-bond donors (Lipinski definition) is 0. The summed E-state index contributed by atoms with van der Waals surface area (Å²) in [4.78, 5) is 22.5. The Morgan fingerprint density at radius 2 is 1.81 bits per heavy atom. The molecule has 7 heteroatoms. The zero-order valence-corrected chi connectivity index (χ0v) is 18.5. The van der Waals surface area contributed by atoms with Gasteiger partial charge in [-0.05, 0) is 51.1 Å². The van der Waals surface area contributed by atoms with Crippen LogP contribution in [0, 0.1) is 0 Å². The van der Waals surface area contributed by atoms with Crippen LogP contribution in [0.1, 0.15) is 39.2 Å². The van der Waals surface area contributed by atoms with Gasteiger partial charge in [0.2, 0.25) is 0 Å². The molecule has 27 heavy (non-hydrogen) atoms. The van der Waals surface area contributed by atoms with Gasteiger partial charge in [-0.25, -0.2) is 0 Å². The van der Waals surface area contributed by atoms with Crippen LogP contribution < -0.4 is 0 Å². The van der Waals surface area contributed by atoms with Gasteiger partial charge >= 0.3 is 0 Å². The smallest absolute Gasteiger partial charge is 0.251 e. The van der Waals surface area contributed by atoms with Gasteiger partial charge in [0, 0.05) is 40.5 Å². The van der Waals surface area contributed by atoms with Crippen LogP contribution in [-0.2, 0) is 4.79 Å². The second-order valence-electron chi connectivity index (χ2n) is 7.38. The summed E-state index contributed by atoms with van der Waals surface area (Å²) in [6, 6.07) is 6.00. The second-order valence-corrected chi connectivity index (χ2v) is 9.22. The van der Waals surface area contributed by atoms with E-state index in [4.69, 9.17) is 28.2 Å². The van der Waals surface area contributed by atoms with Crippen molar-refractivity contribution < 1.29 is 4.79 Å². The van der Waals surface area contributed by atoms with Crippen molar-refractivity contribution >= 4 is 45.9 Å². The minimum Gasteiger partial charge on any atom is -0.340 e. The molecule has 0 saturated carbocycles. The van der Waals surface area contributed by atoms with E-state index in [2.05, 4.69) is 18.7 Å². The second kappa shape index (κ2) is 8.73. The number of hydrogen-bond acceptors (Lipinski definition) is 4. The Morgan fingerprint density at radius 1 is 1.22 bits per heavy atom. The first-order valence-corrected chi connectivity index (χ1v) is 11.3. The van der Waals surface area contributed by atoms with Gasteiger partial charge in [0.25, 0.3) is 5.91 Å². The third-order valence-corrected chi connectivity index (χ3v) is 7.23. The Hall–Kier alpha value is -0.750.